The van der Waals surface area contributed by atoms with Crippen LogP contribution in [-0.2, 0) is 9.53 Å². The molecule has 2 rings (SSSR count). The van der Waals surface area contributed by atoms with Crippen molar-refractivity contribution >= 4 is 5.91 Å². The minimum absolute atomic E-state index is 0.142. The molecule has 1 unspecified atom stereocenters. The minimum atomic E-state index is -0.244. The molecule has 1 heterocycles. The Morgan fingerprint density at radius 2 is 1.95 bits per heavy atom. The van der Waals surface area contributed by atoms with Crippen LogP contribution in [0.5, 0.6) is 0 Å². The highest BCUT2D eigenvalue weighted by Gasteiger charge is 2.34. The molecule has 21 heavy (non-hydrogen) atoms. The number of rotatable bonds is 6. The zero-order valence-corrected chi connectivity index (χ0v) is 13.3. The van der Waals surface area contributed by atoms with E-state index in [9.17, 15) is 9.90 Å². The van der Waals surface area contributed by atoms with Crippen molar-refractivity contribution in [1.29, 1.82) is 0 Å². The Labute approximate surface area is 128 Å². The molecule has 1 atom stereocenters. The molecule has 2 fully saturated rings. The van der Waals surface area contributed by atoms with E-state index in [4.69, 9.17) is 4.74 Å². The molecule has 1 amide bonds. The smallest absolute Gasteiger partial charge is 0.224 e. The van der Waals surface area contributed by atoms with E-state index in [0.29, 0.717) is 45.2 Å². The maximum Gasteiger partial charge on any atom is 0.224 e. The summed E-state index contributed by atoms with van der Waals surface area (Å²) in [6, 6.07) is 0. The maximum atomic E-state index is 12.1. The van der Waals surface area contributed by atoms with Crippen LogP contribution < -0.4 is 5.32 Å². The maximum absolute atomic E-state index is 12.1. The fraction of sp³-hybridized carbons (Fsp3) is 0.938. The van der Waals surface area contributed by atoms with Gasteiger partial charge in [-0.15, -0.1) is 0 Å². The van der Waals surface area contributed by atoms with Crippen molar-refractivity contribution in [2.24, 2.45) is 5.92 Å². The molecule has 5 nitrogen and oxygen atoms in total. The molecule has 0 spiro atoms. The first-order chi connectivity index (χ1) is 10.2. The SMILES string of the molecule is CC(CO)(NCCC(=O)N1CCOCC1)C1CCCCC1. The van der Waals surface area contributed by atoms with Crippen LogP contribution in [0, 0.1) is 5.92 Å². The topological polar surface area (TPSA) is 61.8 Å². The van der Waals surface area contributed by atoms with E-state index < -0.39 is 0 Å². The van der Waals surface area contributed by atoms with Crippen LogP contribution in [0.3, 0.4) is 0 Å². The first-order valence-corrected chi connectivity index (χ1v) is 8.37. The Morgan fingerprint density at radius 3 is 2.57 bits per heavy atom. The monoisotopic (exact) mass is 298 g/mol. The Bertz CT molecular complexity index is 325. The van der Waals surface area contributed by atoms with Crippen molar-refractivity contribution in [3.8, 4) is 0 Å². The van der Waals surface area contributed by atoms with Crippen molar-refractivity contribution in [3.05, 3.63) is 0 Å². The van der Waals surface area contributed by atoms with Gasteiger partial charge in [-0.05, 0) is 25.7 Å². The Balaban J connectivity index is 1.75. The van der Waals surface area contributed by atoms with E-state index in [0.717, 1.165) is 0 Å². The molecule has 0 aromatic rings. The third-order valence-corrected chi connectivity index (χ3v) is 5.07. The molecular formula is C16H30N2O3. The second-order valence-electron chi connectivity index (χ2n) is 6.58. The summed E-state index contributed by atoms with van der Waals surface area (Å²) in [6.45, 7) is 5.60. The molecule has 5 heteroatoms. The first-order valence-electron chi connectivity index (χ1n) is 8.37. The standard InChI is InChI=1S/C16H30N2O3/c1-16(13-19,14-5-3-2-4-6-14)17-8-7-15(20)18-9-11-21-12-10-18/h14,17,19H,2-13H2,1H3. The number of aliphatic hydroxyl groups is 1. The van der Waals surface area contributed by atoms with Gasteiger partial charge in [-0.1, -0.05) is 19.3 Å². The number of nitrogens with zero attached hydrogens (tertiary/aromatic N) is 1. The lowest BCUT2D eigenvalue weighted by atomic mass is 9.76. The van der Waals surface area contributed by atoms with E-state index in [1.807, 2.05) is 4.90 Å². The van der Waals surface area contributed by atoms with Gasteiger partial charge in [0.15, 0.2) is 0 Å². The van der Waals surface area contributed by atoms with Gasteiger partial charge >= 0.3 is 0 Å². The zero-order chi connectivity index (χ0) is 15.1. The summed E-state index contributed by atoms with van der Waals surface area (Å²) >= 11 is 0. The van der Waals surface area contributed by atoms with Crippen molar-refractivity contribution < 1.29 is 14.6 Å². The number of ether oxygens (including phenoxy) is 1. The highest BCUT2D eigenvalue weighted by Crippen LogP contribution is 2.32. The molecule has 1 aliphatic carbocycles. The van der Waals surface area contributed by atoms with Crippen molar-refractivity contribution in [2.45, 2.75) is 51.0 Å². The molecular weight excluding hydrogens is 268 g/mol. The Morgan fingerprint density at radius 1 is 1.29 bits per heavy atom. The van der Waals surface area contributed by atoms with Crippen LogP contribution in [-0.4, -0.2) is 60.9 Å². The van der Waals surface area contributed by atoms with Gasteiger partial charge in [0.2, 0.25) is 5.91 Å². The third-order valence-electron chi connectivity index (χ3n) is 5.07. The first kappa shape index (κ1) is 16.7. The minimum Gasteiger partial charge on any atom is -0.394 e. The summed E-state index contributed by atoms with van der Waals surface area (Å²) in [7, 11) is 0. The van der Waals surface area contributed by atoms with E-state index >= 15 is 0 Å². The molecule has 0 aromatic heterocycles. The molecule has 1 saturated heterocycles. The number of hydrogen-bond donors (Lipinski definition) is 2. The Hall–Kier alpha value is -0.650. The van der Waals surface area contributed by atoms with Gasteiger partial charge in [-0.2, -0.15) is 0 Å². The third kappa shape index (κ3) is 4.66. The van der Waals surface area contributed by atoms with Gasteiger partial charge in [0.25, 0.3) is 0 Å². The van der Waals surface area contributed by atoms with Crippen LogP contribution in [0.2, 0.25) is 0 Å². The highest BCUT2D eigenvalue weighted by molar-refractivity contribution is 5.76. The lowest BCUT2D eigenvalue weighted by Gasteiger charge is -2.39. The molecule has 122 valence electrons. The average Bonchev–Trinajstić information content (AvgIpc) is 2.56. The number of nitrogens with one attached hydrogen (secondary N) is 1. The number of amides is 1. The summed E-state index contributed by atoms with van der Waals surface area (Å²) in [4.78, 5) is 14.0. The summed E-state index contributed by atoms with van der Waals surface area (Å²) in [5, 5.41) is 13.2. The van der Waals surface area contributed by atoms with Crippen molar-refractivity contribution in [3.63, 3.8) is 0 Å². The molecule has 2 N–H and O–H groups in total. The number of carbonyl (C=O) groups excluding carboxylic acids is 1. The van der Waals surface area contributed by atoms with Gasteiger partial charge in [0.1, 0.15) is 0 Å². The molecule has 0 bridgehead atoms. The number of morpholine rings is 1. The second kappa shape index (κ2) is 8.11. The van der Waals surface area contributed by atoms with Gasteiger partial charge in [-0.25, -0.2) is 0 Å². The number of carbonyl (C=O) groups is 1. The number of hydrogen-bond acceptors (Lipinski definition) is 4. The van der Waals surface area contributed by atoms with Crippen molar-refractivity contribution in [2.75, 3.05) is 39.5 Å². The van der Waals surface area contributed by atoms with Crippen LogP contribution in [0.4, 0.5) is 0 Å². The Kier molecular flexibility index (Phi) is 6.45. The number of aliphatic hydroxyl groups excluding tert-OH is 1. The fourth-order valence-electron chi connectivity index (χ4n) is 3.49. The van der Waals surface area contributed by atoms with E-state index in [-0.39, 0.29) is 18.1 Å². The van der Waals surface area contributed by atoms with E-state index in [1.54, 1.807) is 0 Å². The lowest BCUT2D eigenvalue weighted by Crippen LogP contribution is -2.53. The van der Waals surface area contributed by atoms with E-state index in [1.165, 1.54) is 32.1 Å². The van der Waals surface area contributed by atoms with Gasteiger partial charge in [0, 0.05) is 31.6 Å². The second-order valence-corrected chi connectivity index (χ2v) is 6.58. The van der Waals surface area contributed by atoms with Gasteiger partial charge in [-0.3, -0.25) is 4.79 Å². The molecule has 2 aliphatic rings. The quantitative estimate of drug-likeness (QED) is 0.772. The zero-order valence-electron chi connectivity index (χ0n) is 13.3. The van der Waals surface area contributed by atoms with Crippen LogP contribution in [0.1, 0.15) is 45.4 Å². The fourth-order valence-corrected chi connectivity index (χ4v) is 3.49. The molecule has 1 aliphatic heterocycles. The summed E-state index contributed by atoms with van der Waals surface area (Å²) in [6.07, 6.45) is 6.70. The normalized spacial score (nSPS) is 23.8. The summed E-state index contributed by atoms with van der Waals surface area (Å²) < 4.78 is 5.26. The van der Waals surface area contributed by atoms with Crippen LogP contribution in [0.15, 0.2) is 0 Å². The summed E-state index contributed by atoms with van der Waals surface area (Å²) in [5.74, 6) is 0.712. The van der Waals surface area contributed by atoms with Crippen LogP contribution >= 0.6 is 0 Å². The van der Waals surface area contributed by atoms with Crippen LogP contribution in [0.25, 0.3) is 0 Å². The molecule has 1 saturated carbocycles. The highest BCUT2D eigenvalue weighted by atomic mass is 16.5. The lowest BCUT2D eigenvalue weighted by molar-refractivity contribution is -0.135. The molecule has 0 radical (unpaired) electrons. The van der Waals surface area contributed by atoms with Gasteiger partial charge < -0.3 is 20.1 Å². The predicted molar refractivity (Wildman–Crippen MR) is 82.1 cm³/mol. The largest absolute Gasteiger partial charge is 0.394 e. The average molecular weight is 298 g/mol. The predicted octanol–water partition coefficient (Wildman–Crippen LogP) is 1.16. The van der Waals surface area contributed by atoms with Gasteiger partial charge in [0.05, 0.1) is 19.8 Å². The molecule has 0 aromatic carbocycles. The van der Waals surface area contributed by atoms with E-state index in [2.05, 4.69) is 12.2 Å². The summed E-state index contributed by atoms with van der Waals surface area (Å²) in [5.41, 5.74) is -0.244. The van der Waals surface area contributed by atoms with Crippen molar-refractivity contribution in [1.82, 2.24) is 10.2 Å².